The molecule has 3 aromatic rings. The molecule has 0 amide bonds. The van der Waals surface area contributed by atoms with E-state index in [-0.39, 0.29) is 18.4 Å². The number of esters is 1. The number of anilines is 1. The van der Waals surface area contributed by atoms with Crippen molar-refractivity contribution in [1.82, 2.24) is 0 Å². The Morgan fingerprint density at radius 2 is 1.85 bits per heavy atom. The summed E-state index contributed by atoms with van der Waals surface area (Å²) in [6.07, 6.45) is 0.254. The molecule has 0 saturated heterocycles. The van der Waals surface area contributed by atoms with Gasteiger partial charge in [0.15, 0.2) is 5.75 Å². The van der Waals surface area contributed by atoms with E-state index in [1.54, 1.807) is 11.3 Å². The van der Waals surface area contributed by atoms with Crippen LogP contribution in [-0.4, -0.2) is 12.6 Å². The number of ether oxygens (including phenoxy) is 2. The molecule has 0 saturated carbocycles. The van der Waals surface area contributed by atoms with Gasteiger partial charge in [-0.15, -0.1) is 0 Å². The first-order valence-electron chi connectivity index (χ1n) is 8.52. The van der Waals surface area contributed by atoms with Gasteiger partial charge in [0.25, 0.3) is 0 Å². The minimum Gasteiger partial charge on any atom is -0.466 e. The predicted octanol–water partition coefficient (Wildman–Crippen LogP) is 5.65. The number of thiophene rings is 1. The third-order valence-electron chi connectivity index (χ3n) is 3.81. The van der Waals surface area contributed by atoms with Crippen LogP contribution in [0.3, 0.4) is 0 Å². The lowest BCUT2D eigenvalue weighted by Gasteiger charge is -2.20. The van der Waals surface area contributed by atoms with E-state index in [2.05, 4.69) is 5.32 Å². The molecule has 4 nitrogen and oxygen atoms in total. The van der Waals surface area contributed by atoms with Crippen LogP contribution in [0.25, 0.3) is 0 Å². The predicted molar refractivity (Wildman–Crippen MR) is 105 cm³/mol. The third-order valence-corrected chi connectivity index (χ3v) is 4.51. The number of benzene rings is 2. The van der Waals surface area contributed by atoms with E-state index < -0.39 is 0 Å². The maximum absolute atomic E-state index is 12.0. The first-order chi connectivity index (χ1) is 12.8. The van der Waals surface area contributed by atoms with Crippen LogP contribution < -0.4 is 10.1 Å². The largest absolute Gasteiger partial charge is 0.466 e. The molecule has 134 valence electrons. The summed E-state index contributed by atoms with van der Waals surface area (Å²) in [7, 11) is 0. The highest BCUT2D eigenvalue weighted by Crippen LogP contribution is 2.33. The first-order valence-corrected chi connectivity index (χ1v) is 9.46. The molecule has 0 fully saturated rings. The van der Waals surface area contributed by atoms with Crippen LogP contribution in [0.15, 0.2) is 71.4 Å². The molecule has 0 unspecified atom stereocenters. The van der Waals surface area contributed by atoms with Gasteiger partial charge in [-0.05, 0) is 53.6 Å². The summed E-state index contributed by atoms with van der Waals surface area (Å²) >= 11 is 1.60. The molecular formula is C21H21NO3S. The van der Waals surface area contributed by atoms with Gasteiger partial charge >= 0.3 is 5.97 Å². The average Bonchev–Trinajstić information content (AvgIpc) is 3.18. The summed E-state index contributed by atoms with van der Waals surface area (Å²) in [4.78, 5) is 12.0. The maximum Gasteiger partial charge on any atom is 0.308 e. The number of hydrogen-bond acceptors (Lipinski definition) is 5. The molecule has 1 atom stereocenters. The molecule has 0 aliphatic heterocycles. The van der Waals surface area contributed by atoms with Gasteiger partial charge in [-0.25, -0.2) is 0 Å². The van der Waals surface area contributed by atoms with Gasteiger partial charge in [-0.1, -0.05) is 30.3 Å². The fourth-order valence-electron chi connectivity index (χ4n) is 2.59. The first kappa shape index (κ1) is 18.0. The van der Waals surface area contributed by atoms with E-state index in [1.807, 2.05) is 78.3 Å². The fraction of sp³-hybridized carbons (Fsp3) is 0.190. The molecule has 5 heteroatoms. The summed E-state index contributed by atoms with van der Waals surface area (Å²) in [6, 6.07) is 19.2. The molecule has 0 spiro atoms. The Hall–Kier alpha value is -2.79. The molecule has 1 heterocycles. The van der Waals surface area contributed by atoms with Crippen molar-refractivity contribution in [3.8, 4) is 11.5 Å². The lowest BCUT2D eigenvalue weighted by Crippen LogP contribution is -2.17. The van der Waals surface area contributed by atoms with Crippen molar-refractivity contribution >= 4 is 23.0 Å². The lowest BCUT2D eigenvalue weighted by atomic mass is 10.1. The summed E-state index contributed by atoms with van der Waals surface area (Å²) in [5.41, 5.74) is 1.88. The summed E-state index contributed by atoms with van der Waals surface area (Å²) in [5.74, 6) is 1.25. The topological polar surface area (TPSA) is 47.6 Å². The number of carbonyl (C=O) groups is 1. The quantitative estimate of drug-likeness (QED) is 0.523. The molecule has 1 N–H and O–H groups in total. The van der Waals surface area contributed by atoms with E-state index in [1.165, 1.54) is 0 Å². The molecule has 0 aliphatic carbocycles. The number of carbonyl (C=O) groups excluding carboxylic acids is 1. The van der Waals surface area contributed by atoms with E-state index in [0.717, 1.165) is 17.0 Å². The summed E-state index contributed by atoms with van der Waals surface area (Å²) < 4.78 is 11.1. The van der Waals surface area contributed by atoms with E-state index in [9.17, 15) is 4.79 Å². The number of rotatable bonds is 8. The fourth-order valence-corrected chi connectivity index (χ4v) is 3.30. The number of para-hydroxylation sites is 3. The van der Waals surface area contributed by atoms with E-state index in [0.29, 0.717) is 12.4 Å². The van der Waals surface area contributed by atoms with Gasteiger partial charge in [0.2, 0.25) is 0 Å². The molecular weight excluding hydrogens is 346 g/mol. The number of nitrogens with one attached hydrogen (secondary N) is 1. The van der Waals surface area contributed by atoms with Gasteiger partial charge in [0, 0.05) is 0 Å². The second-order valence-corrected chi connectivity index (χ2v) is 6.45. The lowest BCUT2D eigenvalue weighted by molar-refractivity contribution is -0.143. The average molecular weight is 367 g/mol. The summed E-state index contributed by atoms with van der Waals surface area (Å²) in [6.45, 7) is 2.19. The molecule has 2 aromatic carbocycles. The Kier molecular flexibility index (Phi) is 6.28. The molecule has 0 radical (unpaired) electrons. The van der Waals surface area contributed by atoms with Gasteiger partial charge in [-0.3, -0.25) is 4.79 Å². The minimum absolute atomic E-state index is 0.180. The monoisotopic (exact) mass is 367 g/mol. The van der Waals surface area contributed by atoms with Crippen LogP contribution in [0.4, 0.5) is 5.69 Å². The van der Waals surface area contributed by atoms with E-state index >= 15 is 0 Å². The van der Waals surface area contributed by atoms with Crippen LogP contribution in [-0.2, 0) is 9.53 Å². The minimum atomic E-state index is -0.224. The van der Waals surface area contributed by atoms with Crippen molar-refractivity contribution in [2.45, 2.75) is 19.4 Å². The molecule has 26 heavy (non-hydrogen) atoms. The molecule has 1 aromatic heterocycles. The van der Waals surface area contributed by atoms with Gasteiger partial charge in [0.05, 0.1) is 24.8 Å². The normalized spacial score (nSPS) is 11.6. The zero-order valence-electron chi connectivity index (χ0n) is 14.6. The summed E-state index contributed by atoms with van der Waals surface area (Å²) in [5, 5.41) is 7.48. The SMILES string of the molecule is CCOC(=O)C[C@H](Nc1ccccc1Oc1ccccc1)c1ccsc1. The highest BCUT2D eigenvalue weighted by Gasteiger charge is 2.19. The zero-order valence-corrected chi connectivity index (χ0v) is 15.4. The van der Waals surface area contributed by atoms with Crippen molar-refractivity contribution in [2.75, 3.05) is 11.9 Å². The Bertz CT molecular complexity index is 818. The Balaban J connectivity index is 1.81. The standard InChI is InChI=1S/C21H21NO3S/c1-2-24-21(23)14-19(16-12-13-26-15-16)22-18-10-6-7-11-20(18)25-17-8-4-3-5-9-17/h3-13,15,19,22H,2,14H2,1H3/t19-/m0/s1. The molecule has 0 aliphatic rings. The highest BCUT2D eigenvalue weighted by molar-refractivity contribution is 7.08. The van der Waals surface area contributed by atoms with Crippen LogP contribution in [0.5, 0.6) is 11.5 Å². The van der Waals surface area contributed by atoms with E-state index in [4.69, 9.17) is 9.47 Å². The van der Waals surface area contributed by atoms with Gasteiger partial charge < -0.3 is 14.8 Å². The second-order valence-electron chi connectivity index (χ2n) is 5.67. The van der Waals surface area contributed by atoms with Gasteiger partial charge in [-0.2, -0.15) is 11.3 Å². The van der Waals surface area contributed by atoms with Crippen LogP contribution in [0.2, 0.25) is 0 Å². The molecule has 0 bridgehead atoms. The smallest absolute Gasteiger partial charge is 0.308 e. The van der Waals surface area contributed by atoms with Crippen molar-refractivity contribution in [1.29, 1.82) is 0 Å². The van der Waals surface area contributed by atoms with Crippen LogP contribution in [0.1, 0.15) is 24.9 Å². The van der Waals surface area contributed by atoms with Crippen LogP contribution >= 0.6 is 11.3 Å². The van der Waals surface area contributed by atoms with Crippen molar-refractivity contribution < 1.29 is 14.3 Å². The maximum atomic E-state index is 12.0. The molecule has 3 rings (SSSR count). The zero-order chi connectivity index (χ0) is 18.2. The van der Waals surface area contributed by atoms with Crippen molar-refractivity contribution in [3.63, 3.8) is 0 Å². The highest BCUT2D eigenvalue weighted by atomic mass is 32.1. The number of hydrogen-bond donors (Lipinski definition) is 1. The Morgan fingerprint density at radius 3 is 2.58 bits per heavy atom. The third kappa shape index (κ3) is 4.86. The van der Waals surface area contributed by atoms with Crippen LogP contribution in [0, 0.1) is 0 Å². The van der Waals surface area contributed by atoms with Crippen molar-refractivity contribution in [2.24, 2.45) is 0 Å². The van der Waals surface area contributed by atoms with Crippen molar-refractivity contribution in [3.05, 3.63) is 77.0 Å². The van der Waals surface area contributed by atoms with Gasteiger partial charge in [0.1, 0.15) is 5.75 Å². The second kappa shape index (κ2) is 9.06. The Morgan fingerprint density at radius 1 is 1.08 bits per heavy atom. The Labute approximate surface area is 157 Å².